The molecule has 16 heavy (non-hydrogen) atoms. The molecular weight excluding hydrogens is 270 g/mol. The highest BCUT2D eigenvalue weighted by Gasteiger charge is 2.21. The molecule has 0 amide bonds. The molecule has 0 radical (unpaired) electrons. The number of halogens is 1. The topological polar surface area (TPSA) is 52.5 Å². The first-order valence-electron chi connectivity index (χ1n) is 5.22. The van der Waals surface area contributed by atoms with Crippen LogP contribution in [0.25, 0.3) is 0 Å². The zero-order valence-corrected chi connectivity index (χ0v) is 11.2. The minimum Gasteiger partial charge on any atom is -0.396 e. The van der Waals surface area contributed by atoms with Gasteiger partial charge in [-0.1, -0.05) is 28.9 Å². The van der Waals surface area contributed by atoms with E-state index in [0.29, 0.717) is 6.54 Å². The van der Waals surface area contributed by atoms with Crippen LogP contribution in [0.1, 0.15) is 12.5 Å². The number of nitrogens with one attached hydrogen (secondary N) is 1. The monoisotopic (exact) mass is 287 g/mol. The Morgan fingerprint density at radius 2 is 1.94 bits per heavy atom. The first kappa shape index (κ1) is 13.5. The van der Waals surface area contributed by atoms with E-state index in [4.69, 9.17) is 10.2 Å². The number of rotatable bonds is 5. The Morgan fingerprint density at radius 3 is 2.44 bits per heavy atom. The van der Waals surface area contributed by atoms with Gasteiger partial charge in [0.05, 0.1) is 13.2 Å². The van der Waals surface area contributed by atoms with E-state index in [-0.39, 0.29) is 13.2 Å². The molecule has 4 heteroatoms. The minimum atomic E-state index is -0.489. The van der Waals surface area contributed by atoms with Gasteiger partial charge in [-0.05, 0) is 24.6 Å². The SMILES string of the molecule is Cc1ccc(NCC(C)(CO)CO)cc1Br. The van der Waals surface area contributed by atoms with Gasteiger partial charge in [-0.2, -0.15) is 0 Å². The van der Waals surface area contributed by atoms with Crippen LogP contribution in [0.2, 0.25) is 0 Å². The van der Waals surface area contributed by atoms with Crippen LogP contribution in [0.4, 0.5) is 5.69 Å². The van der Waals surface area contributed by atoms with Crippen LogP contribution in [0, 0.1) is 12.3 Å². The largest absolute Gasteiger partial charge is 0.396 e. The van der Waals surface area contributed by atoms with Crippen LogP contribution in [0.15, 0.2) is 22.7 Å². The molecule has 0 unspecified atom stereocenters. The molecule has 0 saturated carbocycles. The number of hydrogen-bond acceptors (Lipinski definition) is 3. The van der Waals surface area contributed by atoms with Crippen molar-refractivity contribution in [2.24, 2.45) is 5.41 Å². The molecule has 0 bridgehead atoms. The molecule has 1 aromatic rings. The van der Waals surface area contributed by atoms with Crippen LogP contribution in [-0.4, -0.2) is 30.0 Å². The van der Waals surface area contributed by atoms with E-state index in [2.05, 4.69) is 21.2 Å². The van der Waals surface area contributed by atoms with E-state index in [0.717, 1.165) is 10.2 Å². The Kier molecular flexibility index (Phi) is 4.77. The van der Waals surface area contributed by atoms with Gasteiger partial charge in [0.2, 0.25) is 0 Å². The normalized spacial score (nSPS) is 11.6. The van der Waals surface area contributed by atoms with Gasteiger partial charge in [-0.25, -0.2) is 0 Å². The maximum Gasteiger partial charge on any atom is 0.0523 e. The maximum atomic E-state index is 9.15. The van der Waals surface area contributed by atoms with Crippen molar-refractivity contribution in [2.75, 3.05) is 25.1 Å². The summed E-state index contributed by atoms with van der Waals surface area (Å²) in [4.78, 5) is 0. The molecule has 0 atom stereocenters. The van der Waals surface area contributed by atoms with Crippen LogP contribution in [0.3, 0.4) is 0 Å². The fourth-order valence-corrected chi connectivity index (χ4v) is 1.56. The number of hydrogen-bond donors (Lipinski definition) is 3. The first-order chi connectivity index (χ1) is 7.50. The quantitative estimate of drug-likeness (QED) is 0.778. The highest BCUT2D eigenvalue weighted by Crippen LogP contribution is 2.22. The van der Waals surface area contributed by atoms with E-state index in [9.17, 15) is 0 Å². The van der Waals surface area contributed by atoms with Crippen LogP contribution in [-0.2, 0) is 0 Å². The number of anilines is 1. The summed E-state index contributed by atoms with van der Waals surface area (Å²) in [5.41, 5.74) is 1.67. The lowest BCUT2D eigenvalue weighted by Gasteiger charge is -2.25. The van der Waals surface area contributed by atoms with Gasteiger partial charge < -0.3 is 15.5 Å². The molecule has 1 aromatic carbocycles. The summed E-state index contributed by atoms with van der Waals surface area (Å²) in [5.74, 6) is 0. The third kappa shape index (κ3) is 3.47. The summed E-state index contributed by atoms with van der Waals surface area (Å²) >= 11 is 3.46. The van der Waals surface area contributed by atoms with Gasteiger partial charge in [-0.3, -0.25) is 0 Å². The van der Waals surface area contributed by atoms with Crippen molar-refractivity contribution in [3.05, 3.63) is 28.2 Å². The highest BCUT2D eigenvalue weighted by molar-refractivity contribution is 9.10. The molecular formula is C12H18BrNO2. The lowest BCUT2D eigenvalue weighted by atomic mass is 9.93. The number of aryl methyl sites for hydroxylation is 1. The summed E-state index contributed by atoms with van der Waals surface area (Å²) < 4.78 is 1.05. The maximum absolute atomic E-state index is 9.15. The lowest BCUT2D eigenvalue weighted by molar-refractivity contribution is 0.0806. The molecule has 0 fully saturated rings. The Labute approximate surface area is 105 Å². The standard InChI is InChI=1S/C12H18BrNO2/c1-9-3-4-10(5-11(9)13)14-6-12(2,7-15)8-16/h3-5,14-16H,6-8H2,1-2H3. The molecule has 1 rings (SSSR count). The molecule has 0 aliphatic carbocycles. The molecule has 0 aliphatic rings. The van der Waals surface area contributed by atoms with Gasteiger partial charge >= 0.3 is 0 Å². The highest BCUT2D eigenvalue weighted by atomic mass is 79.9. The van der Waals surface area contributed by atoms with Gasteiger partial charge in [-0.15, -0.1) is 0 Å². The number of benzene rings is 1. The predicted molar refractivity (Wildman–Crippen MR) is 69.6 cm³/mol. The van der Waals surface area contributed by atoms with E-state index < -0.39 is 5.41 Å². The molecule has 3 nitrogen and oxygen atoms in total. The third-order valence-electron chi connectivity index (χ3n) is 2.65. The molecule has 0 heterocycles. The van der Waals surface area contributed by atoms with E-state index in [1.165, 1.54) is 5.56 Å². The summed E-state index contributed by atoms with van der Waals surface area (Å²) in [5, 5.41) is 21.5. The Hall–Kier alpha value is -0.580. The van der Waals surface area contributed by atoms with Crippen LogP contribution in [0.5, 0.6) is 0 Å². The van der Waals surface area contributed by atoms with Gasteiger partial charge in [0.15, 0.2) is 0 Å². The van der Waals surface area contributed by atoms with Gasteiger partial charge in [0.25, 0.3) is 0 Å². The zero-order valence-electron chi connectivity index (χ0n) is 9.63. The van der Waals surface area contributed by atoms with Gasteiger partial charge in [0, 0.05) is 22.1 Å². The Bertz CT molecular complexity index is 351. The number of aliphatic hydroxyl groups is 2. The fraction of sp³-hybridized carbons (Fsp3) is 0.500. The van der Waals surface area contributed by atoms with Crippen molar-refractivity contribution >= 4 is 21.6 Å². The van der Waals surface area contributed by atoms with E-state index >= 15 is 0 Å². The average Bonchev–Trinajstić information content (AvgIpc) is 2.30. The predicted octanol–water partition coefficient (Wildman–Crippen LogP) is 2.16. The molecule has 0 saturated heterocycles. The lowest BCUT2D eigenvalue weighted by Crippen LogP contribution is -2.34. The smallest absolute Gasteiger partial charge is 0.0523 e. The summed E-state index contributed by atoms with van der Waals surface area (Å²) in [6.45, 7) is 4.32. The second-order valence-corrected chi connectivity index (χ2v) is 5.30. The fourth-order valence-electron chi connectivity index (χ4n) is 1.18. The van der Waals surface area contributed by atoms with Crippen LogP contribution >= 0.6 is 15.9 Å². The van der Waals surface area contributed by atoms with Crippen LogP contribution < -0.4 is 5.32 Å². The number of aliphatic hydroxyl groups excluding tert-OH is 2. The van der Waals surface area contributed by atoms with Crippen molar-refractivity contribution < 1.29 is 10.2 Å². The second-order valence-electron chi connectivity index (χ2n) is 4.44. The second kappa shape index (κ2) is 5.66. The van der Waals surface area contributed by atoms with Gasteiger partial charge in [0.1, 0.15) is 0 Å². The Morgan fingerprint density at radius 1 is 1.31 bits per heavy atom. The van der Waals surface area contributed by atoms with Crippen molar-refractivity contribution in [2.45, 2.75) is 13.8 Å². The Balaban J connectivity index is 2.64. The van der Waals surface area contributed by atoms with E-state index in [1.807, 2.05) is 32.0 Å². The molecule has 90 valence electrons. The molecule has 0 aliphatic heterocycles. The molecule has 3 N–H and O–H groups in total. The van der Waals surface area contributed by atoms with Crippen molar-refractivity contribution in [3.8, 4) is 0 Å². The minimum absolute atomic E-state index is 0.0382. The van der Waals surface area contributed by atoms with E-state index in [1.54, 1.807) is 0 Å². The summed E-state index contributed by atoms with van der Waals surface area (Å²) in [6.07, 6.45) is 0. The summed E-state index contributed by atoms with van der Waals surface area (Å²) in [7, 11) is 0. The average molecular weight is 288 g/mol. The van der Waals surface area contributed by atoms with Crippen molar-refractivity contribution in [3.63, 3.8) is 0 Å². The van der Waals surface area contributed by atoms with Crippen molar-refractivity contribution in [1.82, 2.24) is 0 Å². The molecule has 0 spiro atoms. The van der Waals surface area contributed by atoms with Crippen molar-refractivity contribution in [1.29, 1.82) is 0 Å². The zero-order chi connectivity index (χ0) is 12.2. The summed E-state index contributed by atoms with van der Waals surface area (Å²) in [6, 6.07) is 5.99. The third-order valence-corrected chi connectivity index (χ3v) is 3.51. The first-order valence-corrected chi connectivity index (χ1v) is 6.02. The molecule has 0 aromatic heterocycles.